The summed E-state index contributed by atoms with van der Waals surface area (Å²) in [6.45, 7) is 3.46. The van der Waals surface area contributed by atoms with Gasteiger partial charge in [0, 0.05) is 12.1 Å². The topological polar surface area (TPSA) is 94.9 Å². The number of carboxylic acid groups (broad SMARTS) is 2. The summed E-state index contributed by atoms with van der Waals surface area (Å²) in [5, 5.41) is 18.6. The van der Waals surface area contributed by atoms with Crippen molar-refractivity contribution in [2.24, 2.45) is 17.3 Å². The van der Waals surface area contributed by atoms with Crippen LogP contribution >= 0.6 is 0 Å². The van der Waals surface area contributed by atoms with Gasteiger partial charge in [-0.05, 0) is 17.0 Å². The van der Waals surface area contributed by atoms with E-state index in [4.69, 9.17) is 0 Å². The summed E-state index contributed by atoms with van der Waals surface area (Å²) in [6.07, 6.45) is 0.252. The lowest BCUT2D eigenvalue weighted by Gasteiger charge is -2.23. The third-order valence-electron chi connectivity index (χ3n) is 4.86. The van der Waals surface area contributed by atoms with E-state index in [0.29, 0.717) is 5.69 Å². The largest absolute Gasteiger partial charge is 0.481 e. The molecular formula is C16H17NO5. The lowest BCUT2D eigenvalue weighted by Crippen LogP contribution is -2.44. The van der Waals surface area contributed by atoms with E-state index < -0.39 is 41.1 Å². The van der Waals surface area contributed by atoms with Crippen LogP contribution in [0.4, 0.5) is 5.69 Å². The number of amides is 1. The van der Waals surface area contributed by atoms with Crippen molar-refractivity contribution in [3.05, 3.63) is 29.8 Å². The lowest BCUT2D eigenvalue weighted by atomic mass is 10.1. The molecule has 1 aliphatic heterocycles. The molecule has 1 aromatic rings. The van der Waals surface area contributed by atoms with Crippen molar-refractivity contribution >= 4 is 23.5 Å². The average molecular weight is 303 g/mol. The highest BCUT2D eigenvalue weighted by Gasteiger charge is 2.67. The molecule has 116 valence electrons. The van der Waals surface area contributed by atoms with E-state index in [2.05, 4.69) is 0 Å². The molecule has 1 amide bonds. The molecule has 0 aromatic heterocycles. The maximum absolute atomic E-state index is 12.8. The zero-order valence-corrected chi connectivity index (χ0v) is 12.3. The molecular weight excluding hydrogens is 286 g/mol. The van der Waals surface area contributed by atoms with Gasteiger partial charge in [0.1, 0.15) is 6.04 Å². The molecule has 1 aliphatic carbocycles. The molecule has 0 saturated heterocycles. The Bertz CT molecular complexity index is 681. The van der Waals surface area contributed by atoms with Crippen LogP contribution in [0, 0.1) is 17.3 Å². The molecule has 6 nitrogen and oxygen atoms in total. The third kappa shape index (κ3) is 1.90. The number of nitrogens with zero attached hydrogens (tertiary/aromatic N) is 1. The van der Waals surface area contributed by atoms with Crippen LogP contribution in [-0.2, 0) is 20.8 Å². The molecule has 1 saturated carbocycles. The Morgan fingerprint density at radius 3 is 2.27 bits per heavy atom. The van der Waals surface area contributed by atoms with Crippen LogP contribution in [0.25, 0.3) is 0 Å². The van der Waals surface area contributed by atoms with Gasteiger partial charge in [0.2, 0.25) is 5.91 Å². The number of anilines is 1. The normalized spacial score (nSPS) is 28.1. The molecule has 1 fully saturated rings. The maximum atomic E-state index is 12.8. The number of para-hydroxylation sites is 1. The Balaban J connectivity index is 1.97. The van der Waals surface area contributed by atoms with Crippen molar-refractivity contribution in [1.29, 1.82) is 0 Å². The molecule has 1 heterocycles. The van der Waals surface area contributed by atoms with Crippen molar-refractivity contribution < 1.29 is 24.6 Å². The van der Waals surface area contributed by atoms with Gasteiger partial charge in [-0.25, -0.2) is 4.79 Å². The number of benzene rings is 1. The van der Waals surface area contributed by atoms with Crippen LogP contribution in [0.3, 0.4) is 0 Å². The highest BCUT2D eigenvalue weighted by atomic mass is 16.4. The highest BCUT2D eigenvalue weighted by molar-refractivity contribution is 6.06. The lowest BCUT2D eigenvalue weighted by molar-refractivity contribution is -0.140. The number of hydrogen-bond acceptors (Lipinski definition) is 3. The van der Waals surface area contributed by atoms with Crippen LogP contribution in [0.2, 0.25) is 0 Å². The molecule has 2 N–H and O–H groups in total. The standard InChI is InChI=1S/C16H17NO5/c1-16(2)11(12(16)15(21)22)13(18)17-9-6-4-3-5-8(9)7-10(17)14(19)20/h3-6,10-12H,7H2,1-2H3,(H,19,20)(H,21,22)/t10-,11+,12+/m1/s1. The van der Waals surface area contributed by atoms with Gasteiger partial charge in [-0.15, -0.1) is 0 Å². The van der Waals surface area contributed by atoms with Gasteiger partial charge in [-0.2, -0.15) is 0 Å². The molecule has 0 radical (unpaired) electrons. The quantitative estimate of drug-likeness (QED) is 0.879. The van der Waals surface area contributed by atoms with Crippen LogP contribution in [0.15, 0.2) is 24.3 Å². The molecule has 3 atom stereocenters. The minimum absolute atomic E-state index is 0.252. The van der Waals surface area contributed by atoms with Crippen molar-refractivity contribution in [1.82, 2.24) is 0 Å². The Morgan fingerprint density at radius 1 is 1.09 bits per heavy atom. The van der Waals surface area contributed by atoms with E-state index in [9.17, 15) is 24.6 Å². The first-order valence-electron chi connectivity index (χ1n) is 7.13. The first kappa shape index (κ1) is 14.6. The van der Waals surface area contributed by atoms with Crippen molar-refractivity contribution in [3.8, 4) is 0 Å². The number of hydrogen-bond donors (Lipinski definition) is 2. The van der Waals surface area contributed by atoms with E-state index in [1.807, 2.05) is 0 Å². The highest BCUT2D eigenvalue weighted by Crippen LogP contribution is 2.59. The molecule has 6 heteroatoms. The van der Waals surface area contributed by atoms with Gasteiger partial charge in [-0.3, -0.25) is 14.5 Å². The third-order valence-corrected chi connectivity index (χ3v) is 4.86. The van der Waals surface area contributed by atoms with Gasteiger partial charge in [-0.1, -0.05) is 32.0 Å². The van der Waals surface area contributed by atoms with E-state index in [1.54, 1.807) is 38.1 Å². The van der Waals surface area contributed by atoms with Crippen LogP contribution < -0.4 is 4.90 Å². The first-order chi connectivity index (χ1) is 10.3. The maximum Gasteiger partial charge on any atom is 0.327 e. The van der Waals surface area contributed by atoms with E-state index in [-0.39, 0.29) is 6.42 Å². The number of aliphatic carboxylic acids is 2. The second kappa shape index (κ2) is 4.56. The summed E-state index contributed by atoms with van der Waals surface area (Å²) in [5.74, 6) is -3.94. The predicted molar refractivity (Wildman–Crippen MR) is 77.5 cm³/mol. The molecule has 3 rings (SSSR count). The van der Waals surface area contributed by atoms with Crippen LogP contribution in [0.5, 0.6) is 0 Å². The average Bonchev–Trinajstić information content (AvgIpc) is 2.84. The molecule has 0 unspecified atom stereocenters. The number of carbonyl (C=O) groups excluding carboxylic acids is 1. The summed E-state index contributed by atoms with van der Waals surface area (Å²) < 4.78 is 0. The number of carbonyl (C=O) groups is 3. The summed E-state index contributed by atoms with van der Waals surface area (Å²) in [6, 6.07) is 6.09. The van der Waals surface area contributed by atoms with Crippen LogP contribution in [-0.4, -0.2) is 34.1 Å². The minimum atomic E-state index is -1.07. The fraction of sp³-hybridized carbons (Fsp3) is 0.438. The number of carboxylic acids is 2. The van der Waals surface area contributed by atoms with E-state index in [1.165, 1.54) is 4.90 Å². The molecule has 22 heavy (non-hydrogen) atoms. The zero-order chi connectivity index (χ0) is 16.2. The van der Waals surface area contributed by atoms with Gasteiger partial charge in [0.05, 0.1) is 11.8 Å². The van der Waals surface area contributed by atoms with Crippen molar-refractivity contribution in [2.45, 2.75) is 26.3 Å². The molecule has 0 spiro atoms. The summed E-state index contributed by atoms with van der Waals surface area (Å²) in [7, 11) is 0. The first-order valence-corrected chi connectivity index (χ1v) is 7.13. The van der Waals surface area contributed by atoms with Crippen molar-refractivity contribution in [2.75, 3.05) is 4.90 Å². The van der Waals surface area contributed by atoms with Gasteiger partial charge in [0.15, 0.2) is 0 Å². The Labute approximate surface area is 127 Å². The predicted octanol–water partition coefficient (Wildman–Crippen LogP) is 1.39. The summed E-state index contributed by atoms with van der Waals surface area (Å²) in [4.78, 5) is 36.9. The molecule has 1 aromatic carbocycles. The van der Waals surface area contributed by atoms with Gasteiger partial charge in [0.25, 0.3) is 0 Å². The van der Waals surface area contributed by atoms with E-state index >= 15 is 0 Å². The van der Waals surface area contributed by atoms with E-state index in [0.717, 1.165) is 5.56 Å². The monoisotopic (exact) mass is 303 g/mol. The Hall–Kier alpha value is -2.37. The number of fused-ring (bicyclic) bond motifs is 1. The number of rotatable bonds is 3. The summed E-state index contributed by atoms with van der Waals surface area (Å²) >= 11 is 0. The second-order valence-electron chi connectivity index (χ2n) is 6.51. The van der Waals surface area contributed by atoms with Crippen LogP contribution in [0.1, 0.15) is 19.4 Å². The SMILES string of the molecule is CC1(C)[C@H](C(=O)O)[C@H]1C(=O)N1c2ccccc2C[C@@H]1C(=O)O. The fourth-order valence-corrected chi connectivity index (χ4v) is 3.57. The molecule has 2 aliphatic rings. The van der Waals surface area contributed by atoms with Crippen molar-refractivity contribution in [3.63, 3.8) is 0 Å². The Morgan fingerprint density at radius 2 is 1.73 bits per heavy atom. The summed E-state index contributed by atoms with van der Waals surface area (Å²) in [5.41, 5.74) is 0.726. The Kier molecular flexibility index (Phi) is 3.02. The second-order valence-corrected chi connectivity index (χ2v) is 6.51. The molecule has 0 bridgehead atoms. The zero-order valence-electron chi connectivity index (χ0n) is 12.3. The minimum Gasteiger partial charge on any atom is -0.481 e. The smallest absolute Gasteiger partial charge is 0.327 e. The van der Waals surface area contributed by atoms with Gasteiger partial charge >= 0.3 is 11.9 Å². The fourth-order valence-electron chi connectivity index (χ4n) is 3.57. The van der Waals surface area contributed by atoms with Gasteiger partial charge < -0.3 is 10.2 Å².